The number of methoxy groups -OCH3 is 1. The third kappa shape index (κ3) is 5.65. The number of rotatable bonds is 7. The van der Waals surface area contributed by atoms with Crippen molar-refractivity contribution in [2.75, 3.05) is 19.0 Å². The molecule has 0 aromatic heterocycles. The zero-order valence-corrected chi connectivity index (χ0v) is 12.5. The number of ether oxygens (including phenoxy) is 1. The van der Waals surface area contributed by atoms with Crippen LogP contribution in [0.2, 0.25) is 0 Å². The number of alkyl halides is 1. The Morgan fingerprint density at radius 2 is 2.06 bits per heavy atom. The van der Waals surface area contributed by atoms with Crippen molar-refractivity contribution in [2.24, 2.45) is 0 Å². The van der Waals surface area contributed by atoms with E-state index in [1.807, 2.05) is 0 Å². The van der Waals surface area contributed by atoms with Crippen LogP contribution >= 0.6 is 15.9 Å². The van der Waals surface area contributed by atoms with Crippen molar-refractivity contribution in [3.8, 4) is 0 Å². The molecule has 1 amide bonds. The van der Waals surface area contributed by atoms with E-state index in [1.54, 1.807) is 7.11 Å². The molecule has 0 spiro atoms. The summed E-state index contributed by atoms with van der Waals surface area (Å²) in [7, 11) is 1.63. The van der Waals surface area contributed by atoms with Crippen LogP contribution in [0.5, 0.6) is 0 Å². The smallest absolute Gasteiger partial charge is 0.220 e. The van der Waals surface area contributed by atoms with Crippen molar-refractivity contribution < 1.29 is 9.53 Å². The van der Waals surface area contributed by atoms with Gasteiger partial charge < -0.3 is 10.1 Å². The quantitative estimate of drug-likeness (QED) is 0.785. The molecule has 0 aliphatic heterocycles. The van der Waals surface area contributed by atoms with Crippen molar-refractivity contribution in [3.05, 3.63) is 35.4 Å². The van der Waals surface area contributed by atoms with E-state index in [4.69, 9.17) is 4.74 Å². The van der Waals surface area contributed by atoms with Gasteiger partial charge >= 0.3 is 0 Å². The molecule has 18 heavy (non-hydrogen) atoms. The number of hydrogen-bond acceptors (Lipinski definition) is 2. The minimum absolute atomic E-state index is 0.0421. The topological polar surface area (TPSA) is 38.3 Å². The minimum atomic E-state index is 0.0421. The lowest BCUT2D eigenvalue weighted by atomic mass is 10.1. The molecule has 3 nitrogen and oxygen atoms in total. The first-order valence-electron chi connectivity index (χ1n) is 6.05. The fraction of sp³-hybridized carbons (Fsp3) is 0.500. The van der Waals surface area contributed by atoms with E-state index in [1.165, 1.54) is 11.1 Å². The number of nitrogens with one attached hydrogen (secondary N) is 1. The summed E-state index contributed by atoms with van der Waals surface area (Å²) in [6.07, 6.45) is 1.28. The number of carbonyl (C=O) groups excluding carboxylic acids is 1. The molecule has 1 aromatic carbocycles. The standard InChI is InChI=1S/C14H20BrNO2/c1-11-3-5-12(6-4-11)7-8-14(17)16-13(9-15)10-18-2/h3-6,13H,7-10H2,1-2H3,(H,16,17). The Morgan fingerprint density at radius 3 is 2.61 bits per heavy atom. The normalized spacial score (nSPS) is 12.2. The van der Waals surface area contributed by atoms with Crippen LogP contribution in [0.3, 0.4) is 0 Å². The molecule has 0 saturated heterocycles. The Labute approximate surface area is 117 Å². The Hall–Kier alpha value is -0.870. The maximum atomic E-state index is 11.7. The number of aryl methyl sites for hydroxylation is 2. The van der Waals surface area contributed by atoms with Gasteiger partial charge in [-0.25, -0.2) is 0 Å². The highest BCUT2D eigenvalue weighted by Gasteiger charge is 2.10. The van der Waals surface area contributed by atoms with Gasteiger partial charge in [0.25, 0.3) is 0 Å². The number of benzene rings is 1. The molecule has 4 heteroatoms. The van der Waals surface area contributed by atoms with Crippen molar-refractivity contribution in [1.82, 2.24) is 5.32 Å². The molecule has 0 aliphatic carbocycles. The fourth-order valence-corrected chi connectivity index (χ4v) is 1.99. The largest absolute Gasteiger partial charge is 0.383 e. The van der Waals surface area contributed by atoms with Crippen LogP contribution in [-0.2, 0) is 16.0 Å². The molecular weight excluding hydrogens is 294 g/mol. The van der Waals surface area contributed by atoms with Crippen LogP contribution in [0.15, 0.2) is 24.3 Å². The van der Waals surface area contributed by atoms with Gasteiger partial charge in [-0.3, -0.25) is 4.79 Å². The zero-order valence-electron chi connectivity index (χ0n) is 10.9. The maximum Gasteiger partial charge on any atom is 0.220 e. The molecule has 0 saturated carbocycles. The van der Waals surface area contributed by atoms with Crippen molar-refractivity contribution in [2.45, 2.75) is 25.8 Å². The predicted molar refractivity (Wildman–Crippen MR) is 77.1 cm³/mol. The Kier molecular flexibility index (Phi) is 6.98. The first kappa shape index (κ1) is 15.2. The average Bonchev–Trinajstić information content (AvgIpc) is 2.37. The minimum Gasteiger partial charge on any atom is -0.383 e. The van der Waals surface area contributed by atoms with Crippen LogP contribution < -0.4 is 5.32 Å². The molecular formula is C14H20BrNO2. The van der Waals surface area contributed by atoms with Crippen molar-refractivity contribution in [1.29, 1.82) is 0 Å². The summed E-state index contributed by atoms with van der Waals surface area (Å²) in [6.45, 7) is 2.59. The summed E-state index contributed by atoms with van der Waals surface area (Å²) in [5, 5.41) is 3.64. The van der Waals surface area contributed by atoms with Gasteiger partial charge in [-0.15, -0.1) is 0 Å². The van der Waals surface area contributed by atoms with E-state index in [9.17, 15) is 4.79 Å². The SMILES string of the molecule is COCC(CBr)NC(=O)CCc1ccc(C)cc1. The number of halogens is 1. The van der Waals surface area contributed by atoms with Crippen LogP contribution in [0.4, 0.5) is 0 Å². The maximum absolute atomic E-state index is 11.7. The second-order valence-corrected chi connectivity index (χ2v) is 5.01. The molecule has 1 N–H and O–H groups in total. The molecule has 100 valence electrons. The van der Waals surface area contributed by atoms with Gasteiger partial charge in [0, 0.05) is 18.9 Å². The Morgan fingerprint density at radius 1 is 1.39 bits per heavy atom. The van der Waals surface area contributed by atoms with Gasteiger partial charge in [-0.05, 0) is 18.9 Å². The first-order chi connectivity index (χ1) is 8.65. The summed E-state index contributed by atoms with van der Waals surface area (Å²) in [5.74, 6) is 0.0667. The Balaban J connectivity index is 2.34. The molecule has 0 heterocycles. The molecule has 0 aliphatic rings. The zero-order chi connectivity index (χ0) is 13.4. The highest BCUT2D eigenvalue weighted by Crippen LogP contribution is 2.06. The van der Waals surface area contributed by atoms with Crippen molar-refractivity contribution in [3.63, 3.8) is 0 Å². The van der Waals surface area contributed by atoms with Gasteiger partial charge in [0.05, 0.1) is 12.6 Å². The summed E-state index contributed by atoms with van der Waals surface area (Å²) in [4.78, 5) is 11.7. The fourth-order valence-electron chi connectivity index (χ4n) is 1.64. The van der Waals surface area contributed by atoms with Gasteiger partial charge in [-0.1, -0.05) is 45.8 Å². The average molecular weight is 314 g/mol. The van der Waals surface area contributed by atoms with Crippen LogP contribution in [0.25, 0.3) is 0 Å². The lowest BCUT2D eigenvalue weighted by Crippen LogP contribution is -2.39. The van der Waals surface area contributed by atoms with E-state index in [-0.39, 0.29) is 11.9 Å². The third-order valence-corrected chi connectivity index (χ3v) is 3.46. The number of hydrogen-bond donors (Lipinski definition) is 1. The van der Waals surface area contributed by atoms with Crippen LogP contribution in [-0.4, -0.2) is 31.0 Å². The third-order valence-electron chi connectivity index (χ3n) is 2.68. The molecule has 1 rings (SSSR count). The van der Waals surface area contributed by atoms with E-state index < -0.39 is 0 Å². The number of carbonyl (C=O) groups is 1. The summed E-state index contributed by atoms with van der Waals surface area (Å²) in [5.41, 5.74) is 2.43. The second kappa shape index (κ2) is 8.27. The van der Waals surface area contributed by atoms with Gasteiger partial charge in [0.2, 0.25) is 5.91 Å². The summed E-state index contributed by atoms with van der Waals surface area (Å²) < 4.78 is 5.03. The van der Waals surface area contributed by atoms with E-state index in [2.05, 4.69) is 52.4 Å². The monoisotopic (exact) mass is 313 g/mol. The van der Waals surface area contributed by atoms with E-state index >= 15 is 0 Å². The first-order valence-corrected chi connectivity index (χ1v) is 7.17. The predicted octanol–water partition coefficient (Wildman–Crippen LogP) is 2.45. The van der Waals surface area contributed by atoms with Crippen LogP contribution in [0, 0.1) is 6.92 Å². The molecule has 0 bridgehead atoms. The van der Waals surface area contributed by atoms with E-state index in [0.717, 1.165) is 6.42 Å². The molecule has 1 unspecified atom stereocenters. The summed E-state index contributed by atoms with van der Waals surface area (Å²) in [6, 6.07) is 8.32. The molecule has 0 fully saturated rings. The highest BCUT2D eigenvalue weighted by atomic mass is 79.9. The second-order valence-electron chi connectivity index (χ2n) is 4.36. The van der Waals surface area contributed by atoms with Crippen LogP contribution in [0.1, 0.15) is 17.5 Å². The van der Waals surface area contributed by atoms with Crippen molar-refractivity contribution >= 4 is 21.8 Å². The highest BCUT2D eigenvalue weighted by molar-refractivity contribution is 9.09. The lowest BCUT2D eigenvalue weighted by Gasteiger charge is -2.15. The van der Waals surface area contributed by atoms with Gasteiger partial charge in [-0.2, -0.15) is 0 Å². The number of amides is 1. The molecule has 1 atom stereocenters. The summed E-state index contributed by atoms with van der Waals surface area (Å²) >= 11 is 3.35. The van der Waals surface area contributed by atoms with E-state index in [0.29, 0.717) is 18.4 Å². The van der Waals surface area contributed by atoms with Gasteiger partial charge in [0.15, 0.2) is 0 Å². The van der Waals surface area contributed by atoms with Gasteiger partial charge in [0.1, 0.15) is 0 Å². The molecule has 1 aromatic rings. The lowest BCUT2D eigenvalue weighted by molar-refractivity contribution is -0.121. The molecule has 0 radical (unpaired) electrons. The Bertz CT molecular complexity index is 365.